The van der Waals surface area contributed by atoms with Crippen LogP contribution < -0.4 is 5.32 Å². The molecule has 0 aliphatic heterocycles. The number of nitriles is 1. The minimum absolute atomic E-state index is 0.0247. The van der Waals surface area contributed by atoms with Gasteiger partial charge in [0.2, 0.25) is 5.82 Å². The monoisotopic (exact) mass is 234 g/mol. The summed E-state index contributed by atoms with van der Waals surface area (Å²) in [6.07, 6.45) is 2.36. The molecule has 1 rings (SSSR count). The molecule has 0 radical (unpaired) electrons. The van der Waals surface area contributed by atoms with Crippen molar-refractivity contribution in [1.29, 1.82) is 5.26 Å². The normalized spacial score (nSPS) is 11.6. The minimum Gasteiger partial charge on any atom is -0.364 e. The van der Waals surface area contributed by atoms with Crippen LogP contribution in [-0.2, 0) is 0 Å². The smallest absolute Gasteiger partial charge is 0.328 e. The largest absolute Gasteiger partial charge is 0.364 e. The lowest BCUT2D eigenvalue weighted by Gasteiger charge is -2.10. The predicted molar refractivity (Wildman–Crippen MR) is 63.6 cm³/mol. The van der Waals surface area contributed by atoms with Crippen molar-refractivity contribution in [3.8, 4) is 6.07 Å². The molecule has 0 spiro atoms. The molecule has 0 saturated carbocycles. The lowest BCUT2D eigenvalue weighted by atomic mass is 10.1. The summed E-state index contributed by atoms with van der Waals surface area (Å²) in [5.74, 6) is 0.552. The summed E-state index contributed by atoms with van der Waals surface area (Å²) in [6.45, 7) is 4.67. The van der Waals surface area contributed by atoms with Gasteiger partial charge < -0.3 is 5.32 Å². The van der Waals surface area contributed by atoms with E-state index in [1.54, 1.807) is 6.07 Å². The number of nitrogens with zero attached hydrogens (tertiary/aromatic N) is 3. The maximum atomic E-state index is 10.9. The second kappa shape index (κ2) is 5.80. The van der Waals surface area contributed by atoms with Gasteiger partial charge in [0.05, 0.1) is 4.92 Å². The Kier molecular flexibility index (Phi) is 4.40. The lowest BCUT2D eigenvalue weighted by molar-refractivity contribution is -0.384. The van der Waals surface area contributed by atoms with Gasteiger partial charge in [0, 0.05) is 12.7 Å². The van der Waals surface area contributed by atoms with Crippen LogP contribution in [0.4, 0.5) is 11.5 Å². The van der Waals surface area contributed by atoms with Gasteiger partial charge in [-0.15, -0.1) is 0 Å². The zero-order chi connectivity index (χ0) is 12.8. The van der Waals surface area contributed by atoms with E-state index in [0.29, 0.717) is 12.5 Å². The molecule has 6 heteroatoms. The Hall–Kier alpha value is -2.16. The van der Waals surface area contributed by atoms with E-state index in [-0.39, 0.29) is 17.1 Å². The van der Waals surface area contributed by atoms with E-state index in [1.165, 1.54) is 12.3 Å². The average Bonchev–Trinajstić information content (AvgIpc) is 2.34. The summed E-state index contributed by atoms with van der Waals surface area (Å²) in [5.41, 5.74) is -0.227. The molecular formula is C11H14N4O2. The molecule has 17 heavy (non-hydrogen) atoms. The van der Waals surface area contributed by atoms with Gasteiger partial charge in [-0.25, -0.2) is 4.98 Å². The second-order valence-electron chi connectivity index (χ2n) is 3.82. The molecule has 0 fully saturated rings. The Bertz CT molecular complexity index is 453. The first-order valence-electron chi connectivity index (χ1n) is 5.37. The predicted octanol–water partition coefficient (Wildman–Crippen LogP) is 2.32. The van der Waals surface area contributed by atoms with Gasteiger partial charge in [-0.3, -0.25) is 10.1 Å². The molecule has 0 amide bonds. The van der Waals surface area contributed by atoms with Gasteiger partial charge in [-0.2, -0.15) is 5.26 Å². The molecule has 1 heterocycles. The first kappa shape index (κ1) is 12.9. The minimum atomic E-state index is -0.579. The first-order chi connectivity index (χ1) is 8.10. The van der Waals surface area contributed by atoms with E-state index in [1.807, 2.05) is 13.8 Å². The first-order valence-corrected chi connectivity index (χ1v) is 5.37. The van der Waals surface area contributed by atoms with E-state index in [4.69, 9.17) is 5.26 Å². The molecule has 6 nitrogen and oxygen atoms in total. The maximum Gasteiger partial charge on any atom is 0.328 e. The summed E-state index contributed by atoms with van der Waals surface area (Å²) < 4.78 is 0. The Morgan fingerprint density at radius 1 is 1.71 bits per heavy atom. The van der Waals surface area contributed by atoms with Crippen LogP contribution in [0, 0.1) is 27.4 Å². The number of nitrogens with one attached hydrogen (secondary N) is 1. The summed E-state index contributed by atoms with van der Waals surface area (Å²) >= 11 is 0. The second-order valence-corrected chi connectivity index (χ2v) is 3.82. The van der Waals surface area contributed by atoms with Crippen molar-refractivity contribution in [1.82, 2.24) is 4.98 Å². The van der Waals surface area contributed by atoms with Gasteiger partial charge in [-0.1, -0.05) is 20.3 Å². The topological polar surface area (TPSA) is 91.8 Å². The molecule has 1 N–H and O–H groups in total. The summed E-state index contributed by atoms with van der Waals surface area (Å²) in [6, 6.07) is 3.14. The molecule has 1 unspecified atom stereocenters. The zero-order valence-electron chi connectivity index (χ0n) is 9.80. The third-order valence-corrected chi connectivity index (χ3v) is 2.54. The Morgan fingerprint density at radius 2 is 2.41 bits per heavy atom. The molecular weight excluding hydrogens is 220 g/mol. The van der Waals surface area contributed by atoms with Crippen LogP contribution in [0.25, 0.3) is 0 Å². The molecule has 0 aliphatic carbocycles. The van der Waals surface area contributed by atoms with Crippen LogP contribution >= 0.6 is 0 Å². The van der Waals surface area contributed by atoms with Crippen molar-refractivity contribution in [2.45, 2.75) is 20.3 Å². The standard InChI is InChI=1S/C11H14N4O2/c1-3-8(2)7-14-11-10(15(16)17)9(6-12)4-5-13-11/h4-5,8H,3,7H2,1-2H3,(H,13,14). The molecule has 0 saturated heterocycles. The third-order valence-electron chi connectivity index (χ3n) is 2.54. The SMILES string of the molecule is CCC(C)CNc1nccc(C#N)c1[N+](=O)[O-]. The summed E-state index contributed by atoms with van der Waals surface area (Å²) in [4.78, 5) is 14.2. The van der Waals surface area contributed by atoms with Crippen molar-refractivity contribution < 1.29 is 4.92 Å². The Labute approximate surface area is 99.4 Å². The van der Waals surface area contributed by atoms with E-state index < -0.39 is 4.92 Å². The fourth-order valence-corrected chi connectivity index (χ4v) is 1.27. The summed E-state index contributed by atoms with van der Waals surface area (Å²) in [7, 11) is 0. The van der Waals surface area contributed by atoms with E-state index >= 15 is 0 Å². The third kappa shape index (κ3) is 3.14. The van der Waals surface area contributed by atoms with Crippen molar-refractivity contribution in [2.24, 2.45) is 5.92 Å². The van der Waals surface area contributed by atoms with E-state index in [9.17, 15) is 10.1 Å². The number of anilines is 1. The maximum absolute atomic E-state index is 10.9. The van der Waals surface area contributed by atoms with Crippen molar-refractivity contribution in [3.63, 3.8) is 0 Å². The molecule has 0 bridgehead atoms. The highest BCUT2D eigenvalue weighted by molar-refractivity contribution is 5.63. The van der Waals surface area contributed by atoms with Crippen LogP contribution in [0.5, 0.6) is 0 Å². The van der Waals surface area contributed by atoms with Crippen molar-refractivity contribution in [2.75, 3.05) is 11.9 Å². The quantitative estimate of drug-likeness (QED) is 0.623. The highest BCUT2D eigenvalue weighted by Gasteiger charge is 2.20. The van der Waals surface area contributed by atoms with Gasteiger partial charge in [0.25, 0.3) is 0 Å². The van der Waals surface area contributed by atoms with Gasteiger partial charge in [0.15, 0.2) is 0 Å². The van der Waals surface area contributed by atoms with E-state index in [2.05, 4.69) is 10.3 Å². The fourth-order valence-electron chi connectivity index (χ4n) is 1.27. The molecule has 0 aliphatic rings. The number of nitro groups is 1. The highest BCUT2D eigenvalue weighted by Crippen LogP contribution is 2.25. The van der Waals surface area contributed by atoms with Crippen LogP contribution in [-0.4, -0.2) is 16.5 Å². The number of rotatable bonds is 5. The van der Waals surface area contributed by atoms with Crippen LogP contribution in [0.1, 0.15) is 25.8 Å². The zero-order valence-corrected chi connectivity index (χ0v) is 9.80. The molecule has 1 atom stereocenters. The Morgan fingerprint density at radius 3 is 2.94 bits per heavy atom. The fraction of sp³-hybridized carbons (Fsp3) is 0.455. The van der Waals surface area contributed by atoms with E-state index in [0.717, 1.165) is 6.42 Å². The van der Waals surface area contributed by atoms with Crippen molar-refractivity contribution in [3.05, 3.63) is 27.9 Å². The summed E-state index contributed by atoms with van der Waals surface area (Å²) in [5, 5.41) is 22.6. The number of hydrogen-bond acceptors (Lipinski definition) is 5. The van der Waals surface area contributed by atoms with Crippen molar-refractivity contribution >= 4 is 11.5 Å². The van der Waals surface area contributed by atoms with Crippen LogP contribution in [0.2, 0.25) is 0 Å². The van der Waals surface area contributed by atoms with Gasteiger partial charge in [-0.05, 0) is 12.0 Å². The lowest BCUT2D eigenvalue weighted by Crippen LogP contribution is -2.13. The molecule has 1 aromatic heterocycles. The molecule has 1 aromatic rings. The van der Waals surface area contributed by atoms with Crippen LogP contribution in [0.3, 0.4) is 0 Å². The highest BCUT2D eigenvalue weighted by atomic mass is 16.6. The molecule has 0 aromatic carbocycles. The van der Waals surface area contributed by atoms with Gasteiger partial charge in [0.1, 0.15) is 11.6 Å². The molecule has 90 valence electrons. The number of aromatic nitrogens is 1. The average molecular weight is 234 g/mol. The Balaban J connectivity index is 2.99. The number of hydrogen-bond donors (Lipinski definition) is 1. The van der Waals surface area contributed by atoms with Gasteiger partial charge >= 0.3 is 5.69 Å². The number of pyridine rings is 1. The van der Waals surface area contributed by atoms with Crippen LogP contribution in [0.15, 0.2) is 12.3 Å².